The zero-order chi connectivity index (χ0) is 13.3. The van der Waals surface area contributed by atoms with Gasteiger partial charge in [-0.3, -0.25) is 9.69 Å². The molecule has 0 aromatic rings. The van der Waals surface area contributed by atoms with E-state index in [9.17, 15) is 4.79 Å². The molecule has 3 fully saturated rings. The maximum Gasteiger partial charge on any atom is 0.242 e. The molecule has 5 nitrogen and oxygen atoms in total. The highest BCUT2D eigenvalue weighted by molar-refractivity contribution is 5.86. The van der Waals surface area contributed by atoms with Crippen LogP contribution < -0.4 is 5.73 Å². The summed E-state index contributed by atoms with van der Waals surface area (Å²) in [5, 5.41) is 0. The van der Waals surface area contributed by atoms with Gasteiger partial charge in [-0.15, -0.1) is 24.8 Å². The Morgan fingerprint density at radius 2 is 1.81 bits per heavy atom. The first-order valence-electron chi connectivity index (χ1n) is 7.59. The summed E-state index contributed by atoms with van der Waals surface area (Å²) >= 11 is 0. The molecule has 3 saturated heterocycles. The van der Waals surface area contributed by atoms with Gasteiger partial charge < -0.3 is 15.4 Å². The largest absolute Gasteiger partial charge is 0.381 e. The van der Waals surface area contributed by atoms with Gasteiger partial charge in [-0.2, -0.15) is 0 Å². The molecular formula is C14H27Cl2N3O2. The second-order valence-electron chi connectivity index (χ2n) is 6.21. The average Bonchev–Trinajstić information content (AvgIpc) is 2.47. The van der Waals surface area contributed by atoms with E-state index in [0.29, 0.717) is 32.1 Å². The number of amides is 1. The van der Waals surface area contributed by atoms with Crippen molar-refractivity contribution >= 4 is 30.7 Å². The smallest absolute Gasteiger partial charge is 0.242 e. The number of nitrogens with two attached hydrogens (primary N) is 1. The number of piperidine rings is 1. The van der Waals surface area contributed by atoms with Crippen molar-refractivity contribution in [3.05, 3.63) is 0 Å². The molecule has 1 amide bonds. The monoisotopic (exact) mass is 339 g/mol. The van der Waals surface area contributed by atoms with Gasteiger partial charge in [0.2, 0.25) is 5.91 Å². The van der Waals surface area contributed by atoms with Gasteiger partial charge in [-0.25, -0.2) is 0 Å². The first-order chi connectivity index (χ1) is 9.19. The zero-order valence-electron chi connectivity index (χ0n) is 12.5. The van der Waals surface area contributed by atoms with Crippen LogP contribution in [0.3, 0.4) is 0 Å². The predicted molar refractivity (Wildman–Crippen MR) is 87.3 cm³/mol. The molecule has 3 aliphatic rings. The number of hydrogen-bond acceptors (Lipinski definition) is 4. The Morgan fingerprint density at radius 3 is 2.52 bits per heavy atom. The minimum Gasteiger partial charge on any atom is -0.381 e. The summed E-state index contributed by atoms with van der Waals surface area (Å²) in [4.78, 5) is 17.2. The number of nitrogens with zero attached hydrogens (tertiary/aromatic N) is 2. The second-order valence-corrected chi connectivity index (χ2v) is 6.21. The number of piperazine rings is 1. The number of fused-ring (bicyclic) bond motifs is 1. The standard InChI is InChI=1S/C14H25N3O2.2ClH/c15-14(4-9-19-10-5-14)13(18)17-8-7-16-6-2-1-3-12(16)11-17;;/h12H,1-11,15H2;2*1H. The third-order valence-corrected chi connectivity index (χ3v) is 4.94. The van der Waals surface area contributed by atoms with E-state index >= 15 is 0 Å². The quantitative estimate of drug-likeness (QED) is 0.775. The van der Waals surface area contributed by atoms with Crippen LogP contribution in [0.15, 0.2) is 0 Å². The summed E-state index contributed by atoms with van der Waals surface area (Å²) in [6.07, 6.45) is 5.16. The van der Waals surface area contributed by atoms with Gasteiger partial charge in [-0.1, -0.05) is 6.42 Å². The van der Waals surface area contributed by atoms with E-state index in [0.717, 1.165) is 19.6 Å². The van der Waals surface area contributed by atoms with Crippen molar-refractivity contribution in [3.8, 4) is 0 Å². The molecule has 3 aliphatic heterocycles. The third kappa shape index (κ3) is 4.02. The Labute approximate surface area is 139 Å². The molecule has 0 aromatic carbocycles. The zero-order valence-corrected chi connectivity index (χ0v) is 14.1. The minimum atomic E-state index is -0.672. The lowest BCUT2D eigenvalue weighted by Gasteiger charge is -2.46. The molecule has 1 unspecified atom stereocenters. The van der Waals surface area contributed by atoms with E-state index in [-0.39, 0.29) is 30.7 Å². The summed E-state index contributed by atoms with van der Waals surface area (Å²) in [6, 6.07) is 0.565. The lowest BCUT2D eigenvalue weighted by molar-refractivity contribution is -0.144. The molecule has 0 bridgehead atoms. The van der Waals surface area contributed by atoms with Gasteiger partial charge in [0.1, 0.15) is 0 Å². The van der Waals surface area contributed by atoms with Crippen LogP contribution in [0.2, 0.25) is 0 Å². The fraction of sp³-hybridized carbons (Fsp3) is 0.929. The van der Waals surface area contributed by atoms with Crippen LogP contribution in [-0.2, 0) is 9.53 Å². The molecule has 0 aliphatic carbocycles. The van der Waals surface area contributed by atoms with Crippen molar-refractivity contribution in [2.75, 3.05) is 39.4 Å². The summed E-state index contributed by atoms with van der Waals surface area (Å²) in [5.74, 6) is 0.154. The maximum absolute atomic E-state index is 12.7. The molecule has 21 heavy (non-hydrogen) atoms. The van der Waals surface area contributed by atoms with Crippen molar-refractivity contribution in [1.82, 2.24) is 9.80 Å². The Kier molecular flexibility index (Phi) is 7.20. The number of rotatable bonds is 1. The minimum absolute atomic E-state index is 0. The molecule has 3 rings (SSSR count). The number of hydrogen-bond donors (Lipinski definition) is 1. The molecule has 2 N–H and O–H groups in total. The number of carbonyl (C=O) groups excluding carboxylic acids is 1. The first-order valence-corrected chi connectivity index (χ1v) is 7.59. The van der Waals surface area contributed by atoms with Gasteiger partial charge in [0.15, 0.2) is 0 Å². The van der Waals surface area contributed by atoms with Crippen molar-refractivity contribution in [1.29, 1.82) is 0 Å². The van der Waals surface area contributed by atoms with Crippen LogP contribution >= 0.6 is 24.8 Å². The fourth-order valence-electron chi connectivity index (χ4n) is 3.60. The summed E-state index contributed by atoms with van der Waals surface area (Å²) < 4.78 is 5.33. The van der Waals surface area contributed by atoms with E-state index in [2.05, 4.69) is 4.90 Å². The normalized spacial score (nSPS) is 28.8. The summed E-state index contributed by atoms with van der Waals surface area (Å²) in [5.41, 5.74) is 5.65. The van der Waals surface area contributed by atoms with Gasteiger partial charge >= 0.3 is 0 Å². The summed E-state index contributed by atoms with van der Waals surface area (Å²) in [6.45, 7) is 5.17. The molecule has 3 heterocycles. The van der Waals surface area contributed by atoms with Crippen LogP contribution in [0, 0.1) is 0 Å². The Hall–Kier alpha value is -0.0700. The fourth-order valence-corrected chi connectivity index (χ4v) is 3.60. The first kappa shape index (κ1) is 19.0. The topological polar surface area (TPSA) is 58.8 Å². The Balaban J connectivity index is 0.00000110. The maximum atomic E-state index is 12.7. The van der Waals surface area contributed by atoms with Gasteiger partial charge in [0.25, 0.3) is 0 Å². The van der Waals surface area contributed by atoms with E-state index in [1.165, 1.54) is 25.8 Å². The molecule has 0 spiro atoms. The Morgan fingerprint density at radius 1 is 1.10 bits per heavy atom. The molecule has 7 heteroatoms. The highest BCUT2D eigenvalue weighted by atomic mass is 35.5. The van der Waals surface area contributed by atoms with Gasteiger partial charge in [0, 0.05) is 38.9 Å². The van der Waals surface area contributed by atoms with Crippen LogP contribution in [0.25, 0.3) is 0 Å². The van der Waals surface area contributed by atoms with Crippen LogP contribution in [0.4, 0.5) is 0 Å². The lowest BCUT2D eigenvalue weighted by atomic mass is 9.88. The van der Waals surface area contributed by atoms with Crippen molar-refractivity contribution in [2.45, 2.75) is 43.7 Å². The van der Waals surface area contributed by atoms with Crippen LogP contribution in [-0.4, -0.2) is 66.7 Å². The number of carbonyl (C=O) groups is 1. The Bertz CT molecular complexity index is 351. The third-order valence-electron chi connectivity index (χ3n) is 4.94. The molecule has 124 valence electrons. The lowest BCUT2D eigenvalue weighted by Crippen LogP contribution is -2.63. The molecule has 0 saturated carbocycles. The predicted octanol–water partition coefficient (Wildman–Crippen LogP) is 1.03. The molecule has 0 aromatic heterocycles. The van der Waals surface area contributed by atoms with Crippen molar-refractivity contribution in [3.63, 3.8) is 0 Å². The number of halogens is 2. The SMILES string of the molecule is Cl.Cl.NC1(C(=O)N2CCN3CCCCC3C2)CCOCC1. The number of ether oxygens (including phenoxy) is 1. The molecule has 1 atom stereocenters. The molecular weight excluding hydrogens is 313 g/mol. The van der Waals surface area contributed by atoms with Gasteiger partial charge in [0.05, 0.1) is 5.54 Å². The highest BCUT2D eigenvalue weighted by Crippen LogP contribution is 2.25. The highest BCUT2D eigenvalue weighted by Gasteiger charge is 2.41. The van der Waals surface area contributed by atoms with Crippen molar-refractivity contribution < 1.29 is 9.53 Å². The van der Waals surface area contributed by atoms with E-state index < -0.39 is 5.54 Å². The second kappa shape index (κ2) is 7.97. The average molecular weight is 340 g/mol. The molecule has 0 radical (unpaired) electrons. The van der Waals surface area contributed by atoms with E-state index in [4.69, 9.17) is 10.5 Å². The van der Waals surface area contributed by atoms with Crippen LogP contribution in [0.1, 0.15) is 32.1 Å². The summed E-state index contributed by atoms with van der Waals surface area (Å²) in [7, 11) is 0. The van der Waals surface area contributed by atoms with Crippen LogP contribution in [0.5, 0.6) is 0 Å². The van der Waals surface area contributed by atoms with Gasteiger partial charge in [-0.05, 0) is 32.2 Å². The van der Waals surface area contributed by atoms with Crippen molar-refractivity contribution in [2.24, 2.45) is 5.73 Å². The van der Waals surface area contributed by atoms with E-state index in [1.807, 2.05) is 4.90 Å². The van der Waals surface area contributed by atoms with E-state index in [1.54, 1.807) is 0 Å².